The van der Waals surface area contributed by atoms with Crippen LogP contribution in [0.3, 0.4) is 0 Å². The molecule has 3 nitrogen and oxygen atoms in total. The molecule has 1 saturated heterocycles. The van der Waals surface area contributed by atoms with Crippen molar-refractivity contribution >= 4 is 5.91 Å². The number of carbonyl (C=O) groups excluding carboxylic acids is 1. The standard InChI is InChI=1S/C10H16N2O/c1-3-5-8(2)12-10(13)9-6-4-7-11-9/h1,8-9,11H,4-7H2,2H3,(H,12,13). The molecular weight excluding hydrogens is 164 g/mol. The summed E-state index contributed by atoms with van der Waals surface area (Å²) in [7, 11) is 0. The van der Waals surface area contributed by atoms with E-state index < -0.39 is 0 Å². The van der Waals surface area contributed by atoms with Gasteiger partial charge in [-0.05, 0) is 26.3 Å². The zero-order chi connectivity index (χ0) is 9.68. The van der Waals surface area contributed by atoms with Gasteiger partial charge >= 0.3 is 0 Å². The number of amides is 1. The Hall–Kier alpha value is -1.01. The number of terminal acetylenes is 1. The van der Waals surface area contributed by atoms with Gasteiger partial charge in [0, 0.05) is 12.5 Å². The van der Waals surface area contributed by atoms with Crippen LogP contribution in [0.4, 0.5) is 0 Å². The van der Waals surface area contributed by atoms with E-state index in [4.69, 9.17) is 6.42 Å². The summed E-state index contributed by atoms with van der Waals surface area (Å²) in [4.78, 5) is 11.5. The van der Waals surface area contributed by atoms with Crippen molar-refractivity contribution in [3.05, 3.63) is 0 Å². The third-order valence-electron chi connectivity index (χ3n) is 2.19. The molecule has 0 aliphatic carbocycles. The minimum absolute atomic E-state index is 0.000208. The molecule has 1 amide bonds. The van der Waals surface area contributed by atoms with Gasteiger partial charge in [0.1, 0.15) is 0 Å². The first kappa shape index (κ1) is 10.1. The van der Waals surface area contributed by atoms with Crippen LogP contribution >= 0.6 is 0 Å². The van der Waals surface area contributed by atoms with Crippen LogP contribution in [0.2, 0.25) is 0 Å². The predicted octanol–water partition coefficient (Wildman–Crippen LogP) is 0.266. The Balaban J connectivity index is 2.28. The molecule has 0 spiro atoms. The van der Waals surface area contributed by atoms with Gasteiger partial charge in [-0.3, -0.25) is 4.79 Å². The molecule has 1 aliphatic heterocycles. The fourth-order valence-corrected chi connectivity index (χ4v) is 1.48. The van der Waals surface area contributed by atoms with Gasteiger partial charge in [0.15, 0.2) is 0 Å². The summed E-state index contributed by atoms with van der Waals surface area (Å²) < 4.78 is 0. The van der Waals surface area contributed by atoms with Crippen molar-refractivity contribution in [1.82, 2.24) is 10.6 Å². The van der Waals surface area contributed by atoms with E-state index in [9.17, 15) is 4.79 Å². The highest BCUT2D eigenvalue weighted by Crippen LogP contribution is 2.05. The van der Waals surface area contributed by atoms with Crippen LogP contribution in [0.5, 0.6) is 0 Å². The lowest BCUT2D eigenvalue weighted by Gasteiger charge is -2.14. The molecule has 13 heavy (non-hydrogen) atoms. The smallest absolute Gasteiger partial charge is 0.237 e. The Kier molecular flexibility index (Phi) is 3.78. The summed E-state index contributed by atoms with van der Waals surface area (Å²) in [6, 6.07) is 0.0834. The van der Waals surface area contributed by atoms with Crippen molar-refractivity contribution < 1.29 is 4.79 Å². The van der Waals surface area contributed by atoms with Crippen molar-refractivity contribution in [3.63, 3.8) is 0 Å². The Morgan fingerprint density at radius 1 is 1.85 bits per heavy atom. The molecule has 0 saturated carbocycles. The van der Waals surface area contributed by atoms with Gasteiger partial charge in [0.2, 0.25) is 5.91 Å². The molecule has 0 aromatic rings. The van der Waals surface area contributed by atoms with Gasteiger partial charge in [0.05, 0.1) is 6.04 Å². The molecule has 1 aliphatic rings. The van der Waals surface area contributed by atoms with E-state index in [0.717, 1.165) is 19.4 Å². The van der Waals surface area contributed by atoms with E-state index in [-0.39, 0.29) is 18.0 Å². The maximum absolute atomic E-state index is 11.5. The minimum atomic E-state index is 0.000208. The maximum Gasteiger partial charge on any atom is 0.237 e. The van der Waals surface area contributed by atoms with Gasteiger partial charge in [-0.1, -0.05) is 0 Å². The van der Waals surface area contributed by atoms with Crippen LogP contribution in [-0.2, 0) is 4.79 Å². The number of rotatable bonds is 3. The Morgan fingerprint density at radius 3 is 3.15 bits per heavy atom. The second-order valence-corrected chi connectivity index (χ2v) is 3.47. The number of carbonyl (C=O) groups is 1. The maximum atomic E-state index is 11.5. The predicted molar refractivity (Wildman–Crippen MR) is 52.1 cm³/mol. The topological polar surface area (TPSA) is 41.1 Å². The van der Waals surface area contributed by atoms with Gasteiger partial charge in [-0.25, -0.2) is 0 Å². The van der Waals surface area contributed by atoms with E-state index in [1.54, 1.807) is 0 Å². The molecule has 72 valence electrons. The molecule has 2 unspecified atom stereocenters. The highest BCUT2D eigenvalue weighted by molar-refractivity contribution is 5.82. The number of nitrogens with one attached hydrogen (secondary N) is 2. The monoisotopic (exact) mass is 180 g/mol. The molecule has 0 aromatic heterocycles. The molecule has 3 heteroatoms. The van der Waals surface area contributed by atoms with Crippen LogP contribution in [0, 0.1) is 12.3 Å². The van der Waals surface area contributed by atoms with Crippen LogP contribution in [-0.4, -0.2) is 24.5 Å². The summed E-state index contributed by atoms with van der Waals surface area (Å²) in [6.07, 6.45) is 7.76. The van der Waals surface area contributed by atoms with Crippen molar-refractivity contribution in [3.8, 4) is 12.3 Å². The normalized spacial score (nSPS) is 23.5. The molecule has 2 N–H and O–H groups in total. The molecular formula is C10H16N2O. The molecule has 1 rings (SSSR count). The lowest BCUT2D eigenvalue weighted by molar-refractivity contribution is -0.123. The first-order valence-corrected chi connectivity index (χ1v) is 4.71. The minimum Gasteiger partial charge on any atom is -0.351 e. The second kappa shape index (κ2) is 4.88. The first-order valence-electron chi connectivity index (χ1n) is 4.71. The SMILES string of the molecule is C#CCC(C)NC(=O)C1CCCN1. The van der Waals surface area contributed by atoms with Gasteiger partial charge in [-0.15, -0.1) is 12.3 Å². The Labute approximate surface area is 79.3 Å². The van der Waals surface area contributed by atoms with Gasteiger partial charge in [0.25, 0.3) is 0 Å². The Morgan fingerprint density at radius 2 is 2.62 bits per heavy atom. The second-order valence-electron chi connectivity index (χ2n) is 3.47. The largest absolute Gasteiger partial charge is 0.351 e. The van der Waals surface area contributed by atoms with E-state index in [2.05, 4.69) is 16.6 Å². The summed E-state index contributed by atoms with van der Waals surface area (Å²) in [5.74, 6) is 2.61. The third kappa shape index (κ3) is 3.08. The van der Waals surface area contributed by atoms with E-state index in [1.807, 2.05) is 6.92 Å². The van der Waals surface area contributed by atoms with Crippen molar-refractivity contribution in [2.75, 3.05) is 6.54 Å². The van der Waals surface area contributed by atoms with Crippen LogP contribution < -0.4 is 10.6 Å². The lowest BCUT2D eigenvalue weighted by atomic mass is 10.2. The van der Waals surface area contributed by atoms with Crippen molar-refractivity contribution in [1.29, 1.82) is 0 Å². The summed E-state index contributed by atoms with van der Waals surface area (Å²) >= 11 is 0. The molecule has 0 aromatic carbocycles. The lowest BCUT2D eigenvalue weighted by Crippen LogP contribution is -2.44. The fourth-order valence-electron chi connectivity index (χ4n) is 1.48. The fraction of sp³-hybridized carbons (Fsp3) is 0.700. The van der Waals surface area contributed by atoms with Crippen LogP contribution in [0.25, 0.3) is 0 Å². The number of hydrogen-bond acceptors (Lipinski definition) is 2. The number of hydrogen-bond donors (Lipinski definition) is 2. The molecule has 2 atom stereocenters. The average molecular weight is 180 g/mol. The van der Waals surface area contributed by atoms with Crippen molar-refractivity contribution in [2.24, 2.45) is 0 Å². The average Bonchev–Trinajstić information content (AvgIpc) is 2.55. The van der Waals surface area contributed by atoms with E-state index in [1.165, 1.54) is 0 Å². The molecule has 1 fully saturated rings. The zero-order valence-electron chi connectivity index (χ0n) is 7.97. The van der Waals surface area contributed by atoms with E-state index >= 15 is 0 Å². The first-order chi connectivity index (χ1) is 6.24. The summed E-state index contributed by atoms with van der Waals surface area (Å²) in [5, 5.41) is 6.02. The highest BCUT2D eigenvalue weighted by atomic mass is 16.2. The zero-order valence-corrected chi connectivity index (χ0v) is 7.97. The summed E-state index contributed by atoms with van der Waals surface area (Å²) in [5.41, 5.74) is 0. The van der Waals surface area contributed by atoms with Gasteiger partial charge in [-0.2, -0.15) is 0 Å². The van der Waals surface area contributed by atoms with Crippen LogP contribution in [0.1, 0.15) is 26.2 Å². The highest BCUT2D eigenvalue weighted by Gasteiger charge is 2.22. The molecule has 0 bridgehead atoms. The van der Waals surface area contributed by atoms with Crippen molar-refractivity contribution in [2.45, 2.75) is 38.3 Å². The summed E-state index contributed by atoms with van der Waals surface area (Å²) in [6.45, 7) is 2.87. The third-order valence-corrected chi connectivity index (χ3v) is 2.19. The molecule has 1 heterocycles. The molecule has 0 radical (unpaired) electrons. The van der Waals surface area contributed by atoms with Crippen LogP contribution in [0.15, 0.2) is 0 Å². The quantitative estimate of drug-likeness (QED) is 0.612. The van der Waals surface area contributed by atoms with E-state index in [0.29, 0.717) is 6.42 Å². The Bertz CT molecular complexity index is 213. The van der Waals surface area contributed by atoms with Gasteiger partial charge < -0.3 is 10.6 Å².